The zero-order chi connectivity index (χ0) is 12.4. The van der Waals surface area contributed by atoms with Gasteiger partial charge in [0.15, 0.2) is 0 Å². The van der Waals surface area contributed by atoms with Gasteiger partial charge in [0.1, 0.15) is 0 Å². The molecular formula is C13H24ClN3S. The van der Waals surface area contributed by atoms with Gasteiger partial charge in [-0.2, -0.15) is 0 Å². The Kier molecular flexibility index (Phi) is 6.05. The van der Waals surface area contributed by atoms with Crippen LogP contribution in [0.25, 0.3) is 0 Å². The molecule has 1 N–H and O–H groups in total. The van der Waals surface area contributed by atoms with Crippen molar-refractivity contribution < 1.29 is 0 Å². The molecule has 0 spiro atoms. The van der Waals surface area contributed by atoms with Gasteiger partial charge in [-0.1, -0.05) is 13.8 Å². The predicted molar refractivity (Wildman–Crippen MR) is 80.8 cm³/mol. The molecule has 2 unspecified atom stereocenters. The quantitative estimate of drug-likeness (QED) is 0.927. The summed E-state index contributed by atoms with van der Waals surface area (Å²) >= 11 is 1.86. The molecule has 3 nitrogen and oxygen atoms in total. The van der Waals surface area contributed by atoms with Crippen LogP contribution in [-0.4, -0.2) is 35.1 Å². The van der Waals surface area contributed by atoms with Crippen LogP contribution in [0.15, 0.2) is 6.20 Å². The van der Waals surface area contributed by atoms with E-state index >= 15 is 0 Å². The summed E-state index contributed by atoms with van der Waals surface area (Å²) in [6, 6.07) is 1.22. The van der Waals surface area contributed by atoms with Gasteiger partial charge in [-0.25, -0.2) is 4.98 Å². The molecule has 0 aliphatic carbocycles. The summed E-state index contributed by atoms with van der Waals surface area (Å²) in [4.78, 5) is 8.45. The van der Waals surface area contributed by atoms with Crippen molar-refractivity contribution in [2.24, 2.45) is 0 Å². The van der Waals surface area contributed by atoms with Gasteiger partial charge in [0, 0.05) is 48.7 Å². The molecule has 1 saturated heterocycles. The molecule has 104 valence electrons. The van der Waals surface area contributed by atoms with E-state index in [-0.39, 0.29) is 12.4 Å². The molecule has 1 fully saturated rings. The van der Waals surface area contributed by atoms with Crippen molar-refractivity contribution in [3.05, 3.63) is 16.1 Å². The van der Waals surface area contributed by atoms with Crippen LogP contribution in [0, 0.1) is 0 Å². The third kappa shape index (κ3) is 3.92. The highest BCUT2D eigenvalue weighted by molar-refractivity contribution is 7.11. The van der Waals surface area contributed by atoms with E-state index in [4.69, 9.17) is 0 Å². The molecule has 0 amide bonds. The molecule has 0 radical (unpaired) electrons. The topological polar surface area (TPSA) is 28.2 Å². The van der Waals surface area contributed by atoms with E-state index in [2.05, 4.69) is 49.1 Å². The maximum absolute atomic E-state index is 4.50. The van der Waals surface area contributed by atoms with Crippen molar-refractivity contribution in [2.45, 2.75) is 52.2 Å². The fourth-order valence-corrected chi connectivity index (χ4v) is 3.13. The first-order valence-corrected chi connectivity index (χ1v) is 7.30. The average molecular weight is 290 g/mol. The fourth-order valence-electron chi connectivity index (χ4n) is 2.18. The number of thiazole rings is 1. The number of halogens is 1. The number of hydrogen-bond acceptors (Lipinski definition) is 4. The number of nitrogens with zero attached hydrogens (tertiary/aromatic N) is 2. The highest BCUT2D eigenvalue weighted by atomic mass is 35.5. The molecule has 1 aromatic rings. The minimum Gasteiger partial charge on any atom is -0.311 e. The van der Waals surface area contributed by atoms with Gasteiger partial charge in [-0.15, -0.1) is 23.7 Å². The molecule has 0 aromatic carbocycles. The predicted octanol–water partition coefficient (Wildman–Crippen LogP) is 2.87. The van der Waals surface area contributed by atoms with Crippen LogP contribution in [0.4, 0.5) is 0 Å². The third-order valence-corrected chi connectivity index (χ3v) is 4.60. The Labute approximate surface area is 120 Å². The largest absolute Gasteiger partial charge is 0.311 e. The summed E-state index contributed by atoms with van der Waals surface area (Å²) in [6.45, 7) is 12.2. The first-order chi connectivity index (χ1) is 8.06. The molecular weight excluding hydrogens is 266 g/mol. The van der Waals surface area contributed by atoms with Crippen LogP contribution in [0.3, 0.4) is 0 Å². The molecule has 2 atom stereocenters. The molecule has 0 bridgehead atoms. The highest BCUT2D eigenvalue weighted by Gasteiger charge is 2.22. The minimum absolute atomic E-state index is 0. The minimum atomic E-state index is 0. The van der Waals surface area contributed by atoms with Gasteiger partial charge >= 0.3 is 0 Å². The standard InChI is InChI=1S/C13H23N3S.ClH/c1-9(2)13-15-6-12(17-13)8-16-7-10(3)14-5-11(16)4;/h6,9-11,14H,5,7-8H2,1-4H3;1H. The molecule has 2 heterocycles. The summed E-state index contributed by atoms with van der Waals surface area (Å²) in [7, 11) is 0. The lowest BCUT2D eigenvalue weighted by atomic mass is 10.1. The summed E-state index contributed by atoms with van der Waals surface area (Å²) in [5.74, 6) is 0.549. The maximum Gasteiger partial charge on any atom is 0.0953 e. The van der Waals surface area contributed by atoms with Crippen LogP contribution in [-0.2, 0) is 6.54 Å². The number of nitrogens with one attached hydrogen (secondary N) is 1. The second kappa shape index (κ2) is 6.85. The maximum atomic E-state index is 4.50. The van der Waals surface area contributed by atoms with Crippen molar-refractivity contribution in [3.8, 4) is 0 Å². The van der Waals surface area contributed by atoms with E-state index in [1.54, 1.807) is 0 Å². The highest BCUT2D eigenvalue weighted by Crippen LogP contribution is 2.23. The van der Waals surface area contributed by atoms with Crippen LogP contribution in [0.1, 0.15) is 43.5 Å². The van der Waals surface area contributed by atoms with Crippen molar-refractivity contribution >= 4 is 23.7 Å². The number of hydrogen-bond donors (Lipinski definition) is 1. The van der Waals surface area contributed by atoms with Crippen molar-refractivity contribution in [2.75, 3.05) is 13.1 Å². The number of rotatable bonds is 3. The SMILES string of the molecule is CC1CN(Cc2cnc(C(C)C)s2)C(C)CN1.Cl. The van der Waals surface area contributed by atoms with Gasteiger partial charge < -0.3 is 5.32 Å². The van der Waals surface area contributed by atoms with E-state index in [0.717, 1.165) is 19.6 Å². The Balaban J connectivity index is 0.00000162. The Morgan fingerprint density at radius 3 is 2.83 bits per heavy atom. The van der Waals surface area contributed by atoms with Crippen LogP contribution in [0.5, 0.6) is 0 Å². The average Bonchev–Trinajstić information content (AvgIpc) is 2.72. The second-order valence-electron chi connectivity index (χ2n) is 5.41. The molecule has 2 rings (SSSR count). The van der Waals surface area contributed by atoms with Crippen molar-refractivity contribution in [1.29, 1.82) is 0 Å². The zero-order valence-electron chi connectivity index (χ0n) is 11.6. The lowest BCUT2D eigenvalue weighted by molar-refractivity contribution is 0.140. The smallest absolute Gasteiger partial charge is 0.0953 e. The third-order valence-electron chi connectivity index (χ3n) is 3.32. The lowest BCUT2D eigenvalue weighted by Crippen LogP contribution is -2.53. The van der Waals surface area contributed by atoms with Crippen molar-refractivity contribution in [1.82, 2.24) is 15.2 Å². The van der Waals surface area contributed by atoms with E-state index in [0.29, 0.717) is 18.0 Å². The molecule has 18 heavy (non-hydrogen) atoms. The summed E-state index contributed by atoms with van der Waals surface area (Å²) < 4.78 is 0. The number of aromatic nitrogens is 1. The Morgan fingerprint density at radius 2 is 2.22 bits per heavy atom. The van der Waals surface area contributed by atoms with E-state index in [9.17, 15) is 0 Å². The van der Waals surface area contributed by atoms with Crippen LogP contribution in [0.2, 0.25) is 0 Å². The normalized spacial score (nSPS) is 25.2. The van der Waals surface area contributed by atoms with Crippen LogP contribution >= 0.6 is 23.7 Å². The van der Waals surface area contributed by atoms with Gasteiger partial charge in [0.05, 0.1) is 5.01 Å². The van der Waals surface area contributed by atoms with Gasteiger partial charge in [-0.05, 0) is 13.8 Å². The summed E-state index contributed by atoms with van der Waals surface area (Å²) in [5.41, 5.74) is 0. The van der Waals surface area contributed by atoms with Crippen molar-refractivity contribution in [3.63, 3.8) is 0 Å². The first kappa shape index (κ1) is 15.9. The van der Waals surface area contributed by atoms with Gasteiger partial charge in [0.25, 0.3) is 0 Å². The van der Waals surface area contributed by atoms with E-state index in [1.807, 2.05) is 11.3 Å². The molecule has 5 heteroatoms. The molecule has 1 aliphatic heterocycles. The van der Waals surface area contributed by atoms with Gasteiger partial charge in [-0.3, -0.25) is 4.90 Å². The molecule has 0 saturated carbocycles. The summed E-state index contributed by atoms with van der Waals surface area (Å²) in [6.07, 6.45) is 2.05. The van der Waals surface area contributed by atoms with Crippen LogP contribution < -0.4 is 5.32 Å². The Morgan fingerprint density at radius 1 is 1.50 bits per heavy atom. The molecule has 1 aromatic heterocycles. The Bertz CT molecular complexity index is 367. The Hall–Kier alpha value is -0.160. The van der Waals surface area contributed by atoms with E-state index in [1.165, 1.54) is 9.88 Å². The lowest BCUT2D eigenvalue weighted by Gasteiger charge is -2.37. The zero-order valence-corrected chi connectivity index (χ0v) is 13.3. The first-order valence-electron chi connectivity index (χ1n) is 6.48. The second-order valence-corrected chi connectivity index (χ2v) is 6.55. The number of piperazine rings is 1. The van der Waals surface area contributed by atoms with Gasteiger partial charge in [0.2, 0.25) is 0 Å². The summed E-state index contributed by atoms with van der Waals surface area (Å²) in [5, 5.41) is 4.78. The fraction of sp³-hybridized carbons (Fsp3) is 0.769. The molecule has 1 aliphatic rings. The van der Waals surface area contributed by atoms with E-state index < -0.39 is 0 Å². The monoisotopic (exact) mass is 289 g/mol.